The number of nitrogens with one attached hydrogen (secondary N) is 1. The van der Waals surface area contributed by atoms with Crippen LogP contribution in [-0.4, -0.2) is 49.4 Å². The summed E-state index contributed by atoms with van der Waals surface area (Å²) in [5, 5.41) is 3.05. The van der Waals surface area contributed by atoms with Gasteiger partial charge in [-0.2, -0.15) is 0 Å². The lowest BCUT2D eigenvalue weighted by Gasteiger charge is -2.35. The molecule has 6 heteroatoms. The zero-order valence-corrected chi connectivity index (χ0v) is 18.0. The second-order valence-electron chi connectivity index (χ2n) is 8.02. The molecule has 3 aromatic rings. The fraction of sp³-hybridized carbons (Fsp3) is 0.231. The first-order valence-corrected chi connectivity index (χ1v) is 10.9. The molecule has 3 aromatic carbocycles. The Morgan fingerprint density at radius 2 is 1.50 bits per heavy atom. The minimum atomic E-state index is -0.417. The first kappa shape index (κ1) is 21.6. The second kappa shape index (κ2) is 10.1. The van der Waals surface area contributed by atoms with Crippen LogP contribution in [0.4, 0.5) is 5.69 Å². The first-order valence-electron chi connectivity index (χ1n) is 10.9. The van der Waals surface area contributed by atoms with Gasteiger partial charge in [0.1, 0.15) is 0 Å². The Balaban J connectivity index is 1.24. The van der Waals surface area contributed by atoms with Crippen LogP contribution < -0.4 is 16.0 Å². The summed E-state index contributed by atoms with van der Waals surface area (Å²) < 4.78 is 0. The number of carbonyl (C=O) groups excluding carboxylic acids is 2. The van der Waals surface area contributed by atoms with E-state index in [2.05, 4.69) is 39.4 Å². The Kier molecular flexibility index (Phi) is 6.82. The number of carbonyl (C=O) groups is 2. The molecule has 0 spiro atoms. The normalized spacial score (nSPS) is 14.2. The Labute approximate surface area is 188 Å². The van der Waals surface area contributed by atoms with Gasteiger partial charge in [0.15, 0.2) is 0 Å². The number of nitrogens with two attached hydrogens (primary N) is 1. The van der Waals surface area contributed by atoms with Crippen LogP contribution in [0.5, 0.6) is 0 Å². The van der Waals surface area contributed by atoms with E-state index >= 15 is 0 Å². The number of benzene rings is 3. The second-order valence-corrected chi connectivity index (χ2v) is 8.02. The van der Waals surface area contributed by atoms with Crippen molar-refractivity contribution in [3.05, 3.63) is 90.0 Å². The number of nitrogens with zero attached hydrogens (tertiary/aromatic N) is 2. The predicted molar refractivity (Wildman–Crippen MR) is 127 cm³/mol. The van der Waals surface area contributed by atoms with Gasteiger partial charge in [0.05, 0.1) is 6.54 Å². The zero-order valence-electron chi connectivity index (χ0n) is 18.0. The fourth-order valence-corrected chi connectivity index (χ4v) is 3.95. The molecule has 0 aromatic heterocycles. The third kappa shape index (κ3) is 5.53. The average molecular weight is 429 g/mol. The van der Waals surface area contributed by atoms with Gasteiger partial charge in [-0.05, 0) is 47.0 Å². The van der Waals surface area contributed by atoms with E-state index in [4.69, 9.17) is 5.73 Å². The first-order chi connectivity index (χ1) is 15.6. The molecule has 164 valence electrons. The number of hydrogen-bond acceptors (Lipinski definition) is 4. The molecule has 0 bridgehead atoms. The zero-order chi connectivity index (χ0) is 22.3. The quantitative estimate of drug-likeness (QED) is 0.607. The van der Waals surface area contributed by atoms with Gasteiger partial charge in [-0.25, -0.2) is 0 Å². The van der Waals surface area contributed by atoms with Crippen molar-refractivity contribution in [1.82, 2.24) is 10.2 Å². The summed E-state index contributed by atoms with van der Waals surface area (Å²) in [5.74, 6) is -0.381. The van der Waals surface area contributed by atoms with E-state index in [9.17, 15) is 9.59 Å². The van der Waals surface area contributed by atoms with Crippen molar-refractivity contribution in [3.8, 4) is 11.1 Å². The summed E-state index contributed by atoms with van der Waals surface area (Å²) in [6, 6.07) is 25.9. The van der Waals surface area contributed by atoms with Crippen molar-refractivity contribution in [2.24, 2.45) is 5.73 Å². The van der Waals surface area contributed by atoms with E-state index in [0.29, 0.717) is 18.7 Å². The van der Waals surface area contributed by atoms with Crippen LogP contribution in [0.15, 0.2) is 78.9 Å². The highest BCUT2D eigenvalue weighted by Gasteiger charge is 2.19. The van der Waals surface area contributed by atoms with Crippen LogP contribution in [0.1, 0.15) is 15.9 Å². The van der Waals surface area contributed by atoms with Crippen molar-refractivity contribution < 1.29 is 9.59 Å². The molecule has 3 N–H and O–H groups in total. The molecular formula is C26H28N4O2. The van der Waals surface area contributed by atoms with Gasteiger partial charge in [-0.3, -0.25) is 14.5 Å². The molecule has 1 fully saturated rings. The van der Waals surface area contributed by atoms with Crippen LogP contribution in [0, 0.1) is 0 Å². The molecule has 0 aliphatic carbocycles. The summed E-state index contributed by atoms with van der Waals surface area (Å²) in [7, 11) is 0. The third-order valence-corrected chi connectivity index (χ3v) is 5.78. The van der Waals surface area contributed by atoms with E-state index in [1.165, 1.54) is 5.56 Å². The lowest BCUT2D eigenvalue weighted by atomic mass is 10.0. The summed E-state index contributed by atoms with van der Waals surface area (Å²) in [4.78, 5) is 28.1. The lowest BCUT2D eigenvalue weighted by Crippen LogP contribution is -2.49. The molecule has 2 amide bonds. The molecule has 1 saturated heterocycles. The Morgan fingerprint density at radius 1 is 0.812 bits per heavy atom. The van der Waals surface area contributed by atoms with E-state index in [0.717, 1.165) is 43.0 Å². The van der Waals surface area contributed by atoms with Crippen molar-refractivity contribution in [3.63, 3.8) is 0 Å². The molecule has 1 aliphatic heterocycles. The van der Waals surface area contributed by atoms with Gasteiger partial charge in [-0.1, -0.05) is 48.5 Å². The molecule has 32 heavy (non-hydrogen) atoms. The molecule has 4 rings (SSSR count). The molecule has 1 heterocycles. The van der Waals surface area contributed by atoms with Crippen molar-refractivity contribution in [1.29, 1.82) is 0 Å². The van der Waals surface area contributed by atoms with E-state index in [1.807, 2.05) is 42.5 Å². The van der Waals surface area contributed by atoms with Crippen LogP contribution in [-0.2, 0) is 11.3 Å². The third-order valence-electron chi connectivity index (χ3n) is 5.78. The molecule has 0 unspecified atom stereocenters. The number of hydrogen-bond donors (Lipinski definition) is 2. The van der Waals surface area contributed by atoms with Gasteiger partial charge < -0.3 is 16.0 Å². The van der Waals surface area contributed by atoms with Gasteiger partial charge in [0, 0.05) is 44.0 Å². The van der Waals surface area contributed by atoms with Gasteiger partial charge in [-0.15, -0.1) is 0 Å². The topological polar surface area (TPSA) is 78.7 Å². The summed E-state index contributed by atoms with van der Waals surface area (Å²) >= 11 is 0. The molecule has 0 radical (unpaired) electrons. The lowest BCUT2D eigenvalue weighted by molar-refractivity contribution is -0.122. The highest BCUT2D eigenvalue weighted by molar-refractivity contribution is 5.93. The number of piperazine rings is 1. The summed E-state index contributed by atoms with van der Waals surface area (Å²) in [5.41, 5.74) is 10.3. The van der Waals surface area contributed by atoms with Crippen LogP contribution >= 0.6 is 0 Å². The summed E-state index contributed by atoms with van der Waals surface area (Å²) in [6.07, 6.45) is 0. The van der Waals surface area contributed by atoms with E-state index < -0.39 is 5.91 Å². The van der Waals surface area contributed by atoms with Crippen LogP contribution in [0.2, 0.25) is 0 Å². The standard InChI is InChI=1S/C26H28N4O2/c27-26(32)22-9-11-24(12-10-22)30-15-13-29(14-16-30)19-25(31)28-18-20-5-4-8-23(17-20)21-6-2-1-3-7-21/h1-12,17H,13-16,18-19H2,(H2,27,32)(H,28,31). The number of anilines is 1. The molecular weight excluding hydrogens is 400 g/mol. The minimum Gasteiger partial charge on any atom is -0.369 e. The SMILES string of the molecule is NC(=O)c1ccc(N2CCN(CC(=O)NCc3cccc(-c4ccccc4)c3)CC2)cc1. The molecule has 6 nitrogen and oxygen atoms in total. The fourth-order valence-electron chi connectivity index (χ4n) is 3.95. The summed E-state index contributed by atoms with van der Waals surface area (Å²) in [6.45, 7) is 4.21. The maximum Gasteiger partial charge on any atom is 0.248 e. The highest BCUT2D eigenvalue weighted by Crippen LogP contribution is 2.20. The number of primary amides is 1. The smallest absolute Gasteiger partial charge is 0.248 e. The van der Waals surface area contributed by atoms with Gasteiger partial charge >= 0.3 is 0 Å². The molecule has 0 atom stereocenters. The average Bonchev–Trinajstić information content (AvgIpc) is 2.84. The Hall–Kier alpha value is -3.64. The number of amides is 2. The van der Waals surface area contributed by atoms with Crippen molar-refractivity contribution in [2.75, 3.05) is 37.6 Å². The predicted octanol–water partition coefficient (Wildman–Crippen LogP) is 2.89. The largest absolute Gasteiger partial charge is 0.369 e. The van der Waals surface area contributed by atoms with E-state index in [1.54, 1.807) is 12.1 Å². The maximum atomic E-state index is 12.5. The maximum absolute atomic E-state index is 12.5. The number of rotatable bonds is 7. The van der Waals surface area contributed by atoms with Gasteiger partial charge in [0.25, 0.3) is 0 Å². The highest BCUT2D eigenvalue weighted by atomic mass is 16.2. The van der Waals surface area contributed by atoms with Crippen molar-refractivity contribution in [2.45, 2.75) is 6.54 Å². The van der Waals surface area contributed by atoms with E-state index in [-0.39, 0.29) is 5.91 Å². The minimum absolute atomic E-state index is 0.0365. The van der Waals surface area contributed by atoms with Crippen LogP contribution in [0.3, 0.4) is 0 Å². The Bertz CT molecular complexity index is 1060. The Morgan fingerprint density at radius 3 is 2.19 bits per heavy atom. The van der Waals surface area contributed by atoms with Crippen LogP contribution in [0.25, 0.3) is 11.1 Å². The molecule has 0 saturated carbocycles. The van der Waals surface area contributed by atoms with Crippen molar-refractivity contribution >= 4 is 17.5 Å². The molecule has 1 aliphatic rings. The van der Waals surface area contributed by atoms with Gasteiger partial charge in [0.2, 0.25) is 11.8 Å². The monoisotopic (exact) mass is 428 g/mol.